The fraction of sp³-hybridized carbons (Fsp3) is 0.312. The Hall–Kier alpha value is -1.83. The third-order valence-corrected chi connectivity index (χ3v) is 3.51. The molecule has 2 rings (SSSR count). The summed E-state index contributed by atoms with van der Waals surface area (Å²) < 4.78 is 0. The van der Waals surface area contributed by atoms with E-state index in [4.69, 9.17) is 0 Å². The second kappa shape index (κ2) is 5.67. The van der Waals surface area contributed by atoms with Crippen molar-refractivity contribution in [3.8, 4) is 0 Å². The smallest absolute Gasteiger partial charge is 0.246 e. The van der Waals surface area contributed by atoms with Gasteiger partial charge in [-0.15, -0.1) is 6.58 Å². The highest BCUT2D eigenvalue weighted by Crippen LogP contribution is 2.23. The number of carbonyl (C=O) groups excluding carboxylic acids is 1. The van der Waals surface area contributed by atoms with Gasteiger partial charge in [-0.2, -0.15) is 0 Å². The molecule has 0 spiro atoms. The highest BCUT2D eigenvalue weighted by molar-refractivity contribution is 5.88. The van der Waals surface area contributed by atoms with Gasteiger partial charge < -0.3 is 4.90 Å². The molecule has 0 aromatic heterocycles. The summed E-state index contributed by atoms with van der Waals surface area (Å²) in [5.74, 6) is 0.482. The predicted octanol–water partition coefficient (Wildman–Crippen LogP) is 3.17. The first-order valence-electron chi connectivity index (χ1n) is 6.36. The SMILES string of the molecule is C=CC[C@H]1C=CC(=O)N(Cc2ccccc2)[C@H]1C. The topological polar surface area (TPSA) is 20.3 Å². The van der Waals surface area contributed by atoms with Crippen LogP contribution in [0.15, 0.2) is 55.1 Å². The van der Waals surface area contributed by atoms with Gasteiger partial charge in [0.1, 0.15) is 0 Å². The Morgan fingerprint density at radius 2 is 2.06 bits per heavy atom. The third kappa shape index (κ3) is 2.70. The van der Waals surface area contributed by atoms with Crippen molar-refractivity contribution < 1.29 is 4.79 Å². The van der Waals surface area contributed by atoms with E-state index in [0.29, 0.717) is 12.5 Å². The highest BCUT2D eigenvalue weighted by atomic mass is 16.2. The van der Waals surface area contributed by atoms with Gasteiger partial charge in [-0.25, -0.2) is 0 Å². The molecule has 0 saturated carbocycles. The van der Waals surface area contributed by atoms with Gasteiger partial charge in [0.05, 0.1) is 0 Å². The van der Waals surface area contributed by atoms with Gasteiger partial charge in [0.25, 0.3) is 0 Å². The van der Waals surface area contributed by atoms with Crippen molar-refractivity contribution in [2.24, 2.45) is 5.92 Å². The lowest BCUT2D eigenvalue weighted by Gasteiger charge is -2.35. The van der Waals surface area contributed by atoms with Crippen molar-refractivity contribution in [2.75, 3.05) is 0 Å². The molecular weight excluding hydrogens is 222 g/mol. The van der Waals surface area contributed by atoms with E-state index >= 15 is 0 Å². The Balaban J connectivity index is 2.14. The van der Waals surface area contributed by atoms with Crippen molar-refractivity contribution in [1.82, 2.24) is 4.90 Å². The zero-order chi connectivity index (χ0) is 13.0. The van der Waals surface area contributed by atoms with E-state index in [0.717, 1.165) is 6.42 Å². The summed E-state index contributed by atoms with van der Waals surface area (Å²) in [5, 5.41) is 0. The number of amides is 1. The maximum Gasteiger partial charge on any atom is 0.246 e. The molecule has 1 aromatic rings. The molecule has 0 aliphatic carbocycles. The number of hydrogen-bond acceptors (Lipinski definition) is 1. The first-order chi connectivity index (χ1) is 8.72. The average molecular weight is 241 g/mol. The van der Waals surface area contributed by atoms with E-state index in [1.54, 1.807) is 6.08 Å². The van der Waals surface area contributed by atoms with Crippen molar-refractivity contribution in [3.63, 3.8) is 0 Å². The number of carbonyl (C=O) groups is 1. The summed E-state index contributed by atoms with van der Waals surface area (Å²) >= 11 is 0. The Morgan fingerprint density at radius 3 is 2.72 bits per heavy atom. The van der Waals surface area contributed by atoms with Crippen LogP contribution < -0.4 is 0 Å². The monoisotopic (exact) mass is 241 g/mol. The normalized spacial score (nSPS) is 23.2. The van der Waals surface area contributed by atoms with Crippen LogP contribution in [-0.2, 0) is 11.3 Å². The largest absolute Gasteiger partial charge is 0.332 e. The summed E-state index contributed by atoms with van der Waals surface area (Å²) in [6, 6.07) is 10.3. The van der Waals surface area contributed by atoms with Gasteiger partial charge in [-0.1, -0.05) is 42.5 Å². The Kier molecular flexibility index (Phi) is 3.98. The first kappa shape index (κ1) is 12.6. The van der Waals surface area contributed by atoms with Gasteiger partial charge in [-0.05, 0) is 25.0 Å². The molecule has 0 unspecified atom stereocenters. The molecule has 2 heteroatoms. The summed E-state index contributed by atoms with van der Waals surface area (Å²) in [5.41, 5.74) is 1.17. The van der Waals surface area contributed by atoms with Crippen LogP contribution in [-0.4, -0.2) is 16.8 Å². The van der Waals surface area contributed by atoms with E-state index in [2.05, 4.69) is 25.6 Å². The van der Waals surface area contributed by atoms with Crippen LogP contribution >= 0.6 is 0 Å². The molecular formula is C16H19NO. The second-order valence-corrected chi connectivity index (χ2v) is 4.74. The highest BCUT2D eigenvalue weighted by Gasteiger charge is 2.27. The van der Waals surface area contributed by atoms with Crippen LogP contribution in [0.3, 0.4) is 0 Å². The van der Waals surface area contributed by atoms with Crippen LogP contribution in [0.1, 0.15) is 18.9 Å². The summed E-state index contributed by atoms with van der Waals surface area (Å²) in [6.07, 6.45) is 6.53. The number of allylic oxidation sites excluding steroid dienone is 1. The van der Waals surface area contributed by atoms with Crippen LogP contribution in [0.4, 0.5) is 0 Å². The molecule has 2 atom stereocenters. The van der Waals surface area contributed by atoms with Gasteiger partial charge >= 0.3 is 0 Å². The molecule has 1 aromatic carbocycles. The Labute approximate surface area is 109 Å². The lowest BCUT2D eigenvalue weighted by molar-refractivity contribution is -0.130. The minimum absolute atomic E-state index is 0.103. The molecule has 1 aliphatic rings. The number of benzene rings is 1. The minimum Gasteiger partial charge on any atom is -0.332 e. The summed E-state index contributed by atoms with van der Waals surface area (Å²) in [6.45, 7) is 6.57. The zero-order valence-electron chi connectivity index (χ0n) is 10.8. The standard InChI is InChI=1S/C16H19NO/c1-3-7-15-10-11-16(18)17(13(15)2)12-14-8-5-4-6-9-14/h3-6,8-11,13,15H,1,7,12H2,2H3/t13-,15-/m0/s1. The lowest BCUT2D eigenvalue weighted by Crippen LogP contribution is -2.43. The predicted molar refractivity (Wildman–Crippen MR) is 73.9 cm³/mol. The Morgan fingerprint density at radius 1 is 1.33 bits per heavy atom. The minimum atomic E-state index is 0.103. The molecule has 1 amide bonds. The van der Waals surface area contributed by atoms with Gasteiger partial charge in [0.15, 0.2) is 0 Å². The van der Waals surface area contributed by atoms with Gasteiger partial charge in [0, 0.05) is 18.5 Å². The van der Waals surface area contributed by atoms with Crippen LogP contribution in [0.2, 0.25) is 0 Å². The second-order valence-electron chi connectivity index (χ2n) is 4.74. The van der Waals surface area contributed by atoms with Crippen LogP contribution in [0.5, 0.6) is 0 Å². The van der Waals surface area contributed by atoms with E-state index in [9.17, 15) is 4.79 Å². The molecule has 2 nitrogen and oxygen atoms in total. The molecule has 94 valence electrons. The molecule has 1 heterocycles. The van der Waals surface area contributed by atoms with Gasteiger partial charge in [0.2, 0.25) is 5.91 Å². The number of nitrogens with zero attached hydrogens (tertiary/aromatic N) is 1. The summed E-state index contributed by atoms with van der Waals surface area (Å²) in [7, 11) is 0. The molecule has 1 aliphatic heterocycles. The van der Waals surface area contributed by atoms with E-state index in [-0.39, 0.29) is 11.9 Å². The maximum atomic E-state index is 12.0. The van der Waals surface area contributed by atoms with E-state index < -0.39 is 0 Å². The summed E-state index contributed by atoms with van der Waals surface area (Å²) in [4.78, 5) is 13.9. The number of hydrogen-bond donors (Lipinski definition) is 0. The molecule has 0 bridgehead atoms. The molecule has 0 saturated heterocycles. The molecule has 18 heavy (non-hydrogen) atoms. The lowest BCUT2D eigenvalue weighted by atomic mass is 9.92. The maximum absolute atomic E-state index is 12.0. The van der Waals surface area contributed by atoms with Crippen LogP contribution in [0, 0.1) is 5.92 Å². The van der Waals surface area contributed by atoms with Crippen molar-refractivity contribution >= 4 is 5.91 Å². The Bertz CT molecular complexity index is 449. The third-order valence-electron chi connectivity index (χ3n) is 3.51. The number of rotatable bonds is 4. The van der Waals surface area contributed by atoms with Crippen LogP contribution in [0.25, 0.3) is 0 Å². The molecule has 0 radical (unpaired) electrons. The van der Waals surface area contributed by atoms with E-state index in [1.165, 1.54) is 5.56 Å². The fourth-order valence-electron chi connectivity index (χ4n) is 2.36. The fourth-order valence-corrected chi connectivity index (χ4v) is 2.36. The first-order valence-corrected chi connectivity index (χ1v) is 6.36. The average Bonchev–Trinajstić information content (AvgIpc) is 2.39. The molecule has 0 N–H and O–H groups in total. The molecule has 0 fully saturated rings. The van der Waals surface area contributed by atoms with Crippen molar-refractivity contribution in [3.05, 3.63) is 60.7 Å². The van der Waals surface area contributed by atoms with Gasteiger partial charge in [-0.3, -0.25) is 4.79 Å². The zero-order valence-corrected chi connectivity index (χ0v) is 10.8. The van der Waals surface area contributed by atoms with Crippen molar-refractivity contribution in [2.45, 2.75) is 25.9 Å². The quantitative estimate of drug-likeness (QED) is 0.741. The van der Waals surface area contributed by atoms with E-state index in [1.807, 2.05) is 35.3 Å². The van der Waals surface area contributed by atoms with Crippen molar-refractivity contribution in [1.29, 1.82) is 0 Å².